The van der Waals surface area contributed by atoms with Gasteiger partial charge in [0.25, 0.3) is 0 Å². The van der Waals surface area contributed by atoms with E-state index in [0.29, 0.717) is 0 Å². The zero-order chi connectivity index (χ0) is 7.40. The van der Waals surface area contributed by atoms with E-state index in [0.717, 1.165) is 25.9 Å². The van der Waals surface area contributed by atoms with Gasteiger partial charge in [-0.2, -0.15) is 0 Å². The topological polar surface area (TPSA) is 38.3 Å². The van der Waals surface area contributed by atoms with Gasteiger partial charge in [0.1, 0.15) is 6.10 Å². The molecule has 1 saturated heterocycles. The molecule has 0 aromatic carbocycles. The molecule has 0 saturated carbocycles. The van der Waals surface area contributed by atoms with Crippen LogP contribution in [-0.4, -0.2) is 25.2 Å². The van der Waals surface area contributed by atoms with Gasteiger partial charge in [0.05, 0.1) is 0 Å². The minimum Gasteiger partial charge on any atom is -0.462 e. The number of hydrogen-bond acceptors (Lipinski definition) is 3. The van der Waals surface area contributed by atoms with Crippen molar-refractivity contribution in [2.75, 3.05) is 13.1 Å². The van der Waals surface area contributed by atoms with Crippen LogP contribution in [0, 0.1) is 0 Å². The molecule has 0 radical (unpaired) electrons. The summed E-state index contributed by atoms with van der Waals surface area (Å²) >= 11 is 0. The molecule has 4 heteroatoms. The number of hydrogen-bond donors (Lipinski definition) is 1. The molecule has 1 rings (SSSR count). The van der Waals surface area contributed by atoms with Gasteiger partial charge >= 0.3 is 35.5 Å². The number of esters is 1. The summed E-state index contributed by atoms with van der Waals surface area (Å²) in [4.78, 5) is 10.5. The Morgan fingerprint density at radius 2 is 2.00 bits per heavy atom. The summed E-state index contributed by atoms with van der Waals surface area (Å²) in [5, 5.41) is 3.20. The molecule has 0 amide bonds. The molecule has 0 aromatic heterocycles. The van der Waals surface area contributed by atoms with Crippen molar-refractivity contribution >= 4 is 5.97 Å². The number of carbonyl (C=O) groups is 1. The van der Waals surface area contributed by atoms with Crippen molar-refractivity contribution in [2.24, 2.45) is 0 Å². The van der Waals surface area contributed by atoms with E-state index in [1.54, 1.807) is 0 Å². The molecule has 11 heavy (non-hydrogen) atoms. The Balaban J connectivity index is 0.000001000. The van der Waals surface area contributed by atoms with Crippen LogP contribution in [0.1, 0.15) is 19.8 Å². The first-order valence-electron chi connectivity index (χ1n) is 3.67. The van der Waals surface area contributed by atoms with E-state index >= 15 is 0 Å². The number of carbonyl (C=O) groups excluding carboxylic acids is 1. The van der Waals surface area contributed by atoms with E-state index in [9.17, 15) is 4.79 Å². The SMILES string of the molecule is CC(=O)OC1CCNCC1.[Na+]. The van der Waals surface area contributed by atoms with Crippen LogP contribution in [-0.2, 0) is 9.53 Å². The fraction of sp³-hybridized carbons (Fsp3) is 0.857. The van der Waals surface area contributed by atoms with Crippen molar-refractivity contribution in [1.29, 1.82) is 0 Å². The van der Waals surface area contributed by atoms with Crippen molar-refractivity contribution < 1.29 is 39.1 Å². The van der Waals surface area contributed by atoms with Gasteiger partial charge < -0.3 is 10.1 Å². The molecule has 0 atom stereocenters. The van der Waals surface area contributed by atoms with Gasteiger partial charge in [0, 0.05) is 6.92 Å². The smallest absolute Gasteiger partial charge is 0.462 e. The van der Waals surface area contributed by atoms with Crippen molar-refractivity contribution in [2.45, 2.75) is 25.9 Å². The van der Waals surface area contributed by atoms with Gasteiger partial charge in [0.15, 0.2) is 0 Å². The fourth-order valence-electron chi connectivity index (χ4n) is 1.15. The van der Waals surface area contributed by atoms with Crippen LogP contribution in [0.3, 0.4) is 0 Å². The predicted molar refractivity (Wildman–Crippen MR) is 37.7 cm³/mol. The van der Waals surface area contributed by atoms with Crippen LogP contribution in [0.25, 0.3) is 0 Å². The maximum atomic E-state index is 10.5. The average Bonchev–Trinajstić information content (AvgIpc) is 1.88. The second-order valence-electron chi connectivity index (χ2n) is 2.56. The minimum absolute atomic E-state index is 0. The van der Waals surface area contributed by atoms with Crippen LogP contribution >= 0.6 is 0 Å². The largest absolute Gasteiger partial charge is 1.00 e. The predicted octanol–water partition coefficient (Wildman–Crippen LogP) is -2.69. The number of rotatable bonds is 1. The Morgan fingerprint density at radius 3 is 2.45 bits per heavy atom. The summed E-state index contributed by atoms with van der Waals surface area (Å²) in [6.07, 6.45) is 2.08. The maximum Gasteiger partial charge on any atom is 1.00 e. The second kappa shape index (κ2) is 6.00. The van der Waals surface area contributed by atoms with Gasteiger partial charge in [-0.3, -0.25) is 4.79 Å². The monoisotopic (exact) mass is 166 g/mol. The van der Waals surface area contributed by atoms with Crippen LogP contribution in [0.4, 0.5) is 0 Å². The summed E-state index contributed by atoms with van der Waals surface area (Å²) in [6.45, 7) is 3.40. The van der Waals surface area contributed by atoms with Crippen LogP contribution in [0.15, 0.2) is 0 Å². The summed E-state index contributed by atoms with van der Waals surface area (Å²) in [5.41, 5.74) is 0. The molecule has 1 heterocycles. The van der Waals surface area contributed by atoms with Gasteiger partial charge in [-0.1, -0.05) is 0 Å². The first-order valence-corrected chi connectivity index (χ1v) is 3.67. The summed E-state index contributed by atoms with van der Waals surface area (Å²) in [7, 11) is 0. The molecule has 0 unspecified atom stereocenters. The zero-order valence-corrected chi connectivity index (χ0v) is 9.22. The zero-order valence-electron chi connectivity index (χ0n) is 7.22. The third-order valence-corrected chi connectivity index (χ3v) is 1.62. The number of nitrogens with one attached hydrogen (secondary N) is 1. The van der Waals surface area contributed by atoms with Gasteiger partial charge in [-0.25, -0.2) is 0 Å². The summed E-state index contributed by atoms with van der Waals surface area (Å²) < 4.78 is 5.01. The van der Waals surface area contributed by atoms with Crippen molar-refractivity contribution in [3.05, 3.63) is 0 Å². The molecule has 1 N–H and O–H groups in total. The molecule has 1 fully saturated rings. The summed E-state index contributed by atoms with van der Waals surface area (Å²) in [6, 6.07) is 0. The van der Waals surface area contributed by atoms with E-state index in [1.807, 2.05) is 0 Å². The van der Waals surface area contributed by atoms with Gasteiger partial charge in [-0.15, -0.1) is 0 Å². The molecule has 0 spiro atoms. The molecule has 1 aliphatic heterocycles. The Kier molecular flexibility index (Phi) is 6.24. The van der Waals surface area contributed by atoms with Gasteiger partial charge in [-0.05, 0) is 25.9 Å². The van der Waals surface area contributed by atoms with Crippen LogP contribution < -0.4 is 34.9 Å². The number of ether oxygens (including phenoxy) is 1. The Labute approximate surface area is 89.2 Å². The standard InChI is InChI=1S/C7H13NO2.Na/c1-6(9)10-7-2-4-8-5-3-7;/h7-8H,2-5H2,1H3;/q;+1. The van der Waals surface area contributed by atoms with Crippen molar-refractivity contribution in [1.82, 2.24) is 5.32 Å². The maximum absolute atomic E-state index is 10.5. The molecule has 58 valence electrons. The van der Waals surface area contributed by atoms with Crippen LogP contribution in [0.5, 0.6) is 0 Å². The quantitative estimate of drug-likeness (QED) is 0.340. The Bertz CT molecular complexity index is 124. The van der Waals surface area contributed by atoms with E-state index < -0.39 is 0 Å². The molecule has 0 bridgehead atoms. The first kappa shape index (κ1) is 11.4. The summed E-state index contributed by atoms with van der Waals surface area (Å²) in [5.74, 6) is -0.160. The fourth-order valence-corrected chi connectivity index (χ4v) is 1.15. The molecule has 1 aliphatic rings. The molecular formula is C7H13NNaO2+. The Hall–Kier alpha value is 0.430. The molecular weight excluding hydrogens is 153 g/mol. The van der Waals surface area contributed by atoms with E-state index in [4.69, 9.17) is 4.74 Å². The normalized spacial score (nSPS) is 18.6. The van der Waals surface area contributed by atoms with Crippen molar-refractivity contribution in [3.63, 3.8) is 0 Å². The van der Waals surface area contributed by atoms with E-state index in [-0.39, 0.29) is 41.6 Å². The third-order valence-electron chi connectivity index (χ3n) is 1.62. The van der Waals surface area contributed by atoms with E-state index in [1.165, 1.54) is 6.92 Å². The average molecular weight is 166 g/mol. The minimum atomic E-state index is -0.160. The third kappa shape index (κ3) is 4.80. The van der Waals surface area contributed by atoms with Crippen LogP contribution in [0.2, 0.25) is 0 Å². The molecule has 0 aliphatic carbocycles. The van der Waals surface area contributed by atoms with Gasteiger partial charge in [0.2, 0.25) is 0 Å². The van der Waals surface area contributed by atoms with E-state index in [2.05, 4.69) is 5.32 Å². The van der Waals surface area contributed by atoms with Crippen molar-refractivity contribution in [3.8, 4) is 0 Å². The first-order chi connectivity index (χ1) is 4.79. The Morgan fingerprint density at radius 1 is 1.45 bits per heavy atom. The molecule has 3 nitrogen and oxygen atoms in total. The molecule has 0 aromatic rings. The second-order valence-corrected chi connectivity index (χ2v) is 2.56. The number of piperidine rings is 1.